The summed E-state index contributed by atoms with van der Waals surface area (Å²) in [6, 6.07) is 140. The van der Waals surface area contributed by atoms with Crippen LogP contribution in [0.25, 0.3) is 170 Å². The predicted molar refractivity (Wildman–Crippen MR) is 476 cm³/mol. The Morgan fingerprint density at radius 1 is 0.183 bits per heavy atom. The Labute approximate surface area is 646 Å². The van der Waals surface area contributed by atoms with Crippen LogP contribution in [-0.2, 0) is 0 Å². The molecular formula is C102H61BN2S4. The molecule has 0 unspecified atom stereocenters. The molecule has 0 N–H and O–H groups in total. The highest BCUT2D eigenvalue weighted by Gasteiger charge is 2.44. The first-order chi connectivity index (χ1) is 54.1. The van der Waals surface area contributed by atoms with Gasteiger partial charge in [0.1, 0.15) is 0 Å². The Balaban J connectivity index is 0.738. The smallest absolute Gasteiger partial charge is 0.252 e. The standard InChI is InChI=1S/C102H61BN2S4/c1-5-26-72(76-34-17-44-94-98(76)80-30-9-13-40-90(80)106-94)68(22-1)62-48-54-66(55-49-62)104-86-58-52-64(70-24-3-7-28-74(70)78-36-19-46-96-100(78)82-32-11-15-42-92(82)108-96)60-84(86)103-85-61-65(71-25-4-8-29-75(71)79-37-20-47-97-101(79)83-33-12-16-43-93(83)109-97)53-59-87(85)105(89-39-21-38-88(104)102(89)103)67-56-50-63(51-57-67)69-23-2-6-27-73(69)77-35-18-45-95-99(77)81-31-10-14-41-91(81)107-95/h1-61H. The van der Waals surface area contributed by atoms with Crippen molar-refractivity contribution in [1.82, 2.24) is 0 Å². The van der Waals surface area contributed by atoms with Crippen LogP contribution in [0.3, 0.4) is 0 Å². The van der Waals surface area contributed by atoms with E-state index in [0.29, 0.717) is 0 Å². The lowest BCUT2D eigenvalue weighted by Gasteiger charge is -2.44. The van der Waals surface area contributed by atoms with Gasteiger partial charge in [0.25, 0.3) is 6.71 Å². The first kappa shape index (κ1) is 62.5. The minimum atomic E-state index is -0.194. The predicted octanol–water partition coefficient (Wildman–Crippen LogP) is 28.6. The third-order valence-corrected chi connectivity index (χ3v) is 27.5. The number of anilines is 6. The molecule has 0 saturated heterocycles. The zero-order valence-corrected chi connectivity index (χ0v) is 62.1. The molecule has 506 valence electrons. The van der Waals surface area contributed by atoms with E-state index < -0.39 is 0 Å². The average molecular weight is 1450 g/mol. The Bertz CT molecular complexity index is 6910. The van der Waals surface area contributed by atoms with E-state index in [9.17, 15) is 0 Å². The van der Waals surface area contributed by atoms with E-state index in [-0.39, 0.29) is 6.71 Å². The maximum atomic E-state index is 2.57. The number of rotatable bonds is 10. The SMILES string of the molecule is c1ccc(-c2cccc3sc4ccccc4c23)c(-c2ccc(N3c4ccc(-c5ccccc5-c5cccc6sc7ccccc7c56)cc4B4c5cc(-c6ccccc6-c6cccc7sc8ccccc8c67)ccc5N(c5ccc(-c6ccccc6-c6cccc7sc8ccccc8c67)cc5)c5cccc3c54)cc2)c1. The molecular weight excluding hydrogens is 1390 g/mol. The van der Waals surface area contributed by atoms with Crippen LogP contribution >= 0.6 is 45.3 Å². The molecule has 7 heteroatoms. The van der Waals surface area contributed by atoms with Crippen LogP contribution in [0, 0.1) is 0 Å². The van der Waals surface area contributed by atoms with Crippen molar-refractivity contribution in [1.29, 1.82) is 0 Å². The Morgan fingerprint density at radius 3 is 0.752 bits per heavy atom. The molecule has 0 aliphatic carbocycles. The third-order valence-electron chi connectivity index (χ3n) is 23.0. The van der Waals surface area contributed by atoms with Crippen LogP contribution in [0.4, 0.5) is 34.1 Å². The van der Waals surface area contributed by atoms with Crippen molar-refractivity contribution in [2.45, 2.75) is 0 Å². The summed E-state index contributed by atoms with van der Waals surface area (Å²) in [4.78, 5) is 5.13. The quantitative estimate of drug-likeness (QED) is 0.126. The lowest BCUT2D eigenvalue weighted by Crippen LogP contribution is -2.61. The molecule has 17 aromatic carbocycles. The monoisotopic (exact) mass is 1450 g/mol. The molecule has 4 aromatic heterocycles. The number of thiophene rings is 4. The summed E-state index contributed by atoms with van der Waals surface area (Å²) in [7, 11) is 0. The van der Waals surface area contributed by atoms with Crippen LogP contribution in [0.15, 0.2) is 370 Å². The second kappa shape index (κ2) is 24.9. The van der Waals surface area contributed by atoms with Gasteiger partial charge in [0.2, 0.25) is 0 Å². The van der Waals surface area contributed by atoms with Crippen molar-refractivity contribution in [2.75, 3.05) is 9.80 Å². The molecule has 0 fully saturated rings. The number of benzene rings is 17. The third kappa shape index (κ3) is 9.77. The minimum absolute atomic E-state index is 0.194. The molecule has 109 heavy (non-hydrogen) atoms. The first-order valence-electron chi connectivity index (χ1n) is 37.3. The molecule has 6 heterocycles. The second-order valence-electron chi connectivity index (χ2n) is 28.7. The Morgan fingerprint density at radius 2 is 0.431 bits per heavy atom. The molecule has 0 bridgehead atoms. The van der Waals surface area contributed by atoms with Crippen molar-refractivity contribution in [3.05, 3.63) is 370 Å². The van der Waals surface area contributed by atoms with Gasteiger partial charge in [0.05, 0.1) is 0 Å². The molecule has 23 rings (SSSR count). The van der Waals surface area contributed by atoms with Crippen LogP contribution < -0.4 is 26.2 Å². The number of hydrogen-bond acceptors (Lipinski definition) is 6. The van der Waals surface area contributed by atoms with Crippen LogP contribution in [-0.4, -0.2) is 6.71 Å². The fourth-order valence-electron chi connectivity index (χ4n) is 18.3. The van der Waals surface area contributed by atoms with Gasteiger partial charge in [-0.1, -0.05) is 273 Å². The molecule has 21 aromatic rings. The van der Waals surface area contributed by atoms with Gasteiger partial charge in [-0.3, -0.25) is 0 Å². The maximum Gasteiger partial charge on any atom is 0.252 e. The van der Waals surface area contributed by atoms with Crippen molar-refractivity contribution < 1.29 is 0 Å². The molecule has 2 aliphatic rings. The number of nitrogens with zero attached hydrogens (tertiary/aromatic N) is 2. The summed E-state index contributed by atoms with van der Waals surface area (Å²) in [6.07, 6.45) is 0. The van der Waals surface area contributed by atoms with Gasteiger partial charge in [-0.2, -0.15) is 0 Å². The summed E-state index contributed by atoms with van der Waals surface area (Å²) < 4.78 is 10.4. The molecule has 2 aliphatic heterocycles. The largest absolute Gasteiger partial charge is 0.311 e. The van der Waals surface area contributed by atoms with Crippen molar-refractivity contribution in [2.24, 2.45) is 0 Å². The highest BCUT2D eigenvalue weighted by Crippen LogP contribution is 2.52. The fraction of sp³-hybridized carbons (Fsp3) is 0. The zero-order valence-electron chi connectivity index (χ0n) is 58.8. The zero-order chi connectivity index (χ0) is 71.4. The summed E-state index contributed by atoms with van der Waals surface area (Å²) in [5.41, 5.74) is 29.9. The van der Waals surface area contributed by atoms with Gasteiger partial charge >= 0.3 is 0 Å². The van der Waals surface area contributed by atoms with E-state index in [1.54, 1.807) is 0 Å². The van der Waals surface area contributed by atoms with E-state index in [1.165, 1.54) is 186 Å². The fourth-order valence-corrected chi connectivity index (χ4v) is 22.8. The maximum absolute atomic E-state index is 2.57. The Kier molecular flexibility index (Phi) is 14.3. The Hall–Kier alpha value is -12.7. The van der Waals surface area contributed by atoms with Crippen LogP contribution in [0.1, 0.15) is 0 Å². The summed E-state index contributed by atoms with van der Waals surface area (Å²) in [5, 5.41) is 10.4. The molecule has 2 nitrogen and oxygen atoms in total. The molecule has 0 spiro atoms. The van der Waals surface area contributed by atoms with Gasteiger partial charge in [0, 0.05) is 115 Å². The van der Waals surface area contributed by atoms with Crippen LogP contribution in [0.2, 0.25) is 0 Å². The lowest BCUT2D eigenvalue weighted by atomic mass is 9.33. The number of fused-ring (bicyclic) bond motifs is 16. The minimum Gasteiger partial charge on any atom is -0.311 e. The molecule has 0 radical (unpaired) electrons. The number of hydrogen-bond donors (Lipinski definition) is 0. The summed E-state index contributed by atoms with van der Waals surface area (Å²) in [6.45, 7) is -0.194. The highest BCUT2D eigenvalue weighted by molar-refractivity contribution is 7.27. The van der Waals surface area contributed by atoms with E-state index in [4.69, 9.17) is 0 Å². The van der Waals surface area contributed by atoms with Crippen molar-refractivity contribution >= 4 is 183 Å². The van der Waals surface area contributed by atoms with Gasteiger partial charge in [0.15, 0.2) is 0 Å². The van der Waals surface area contributed by atoms with E-state index in [2.05, 4.69) is 380 Å². The molecule has 0 amide bonds. The van der Waals surface area contributed by atoms with Gasteiger partial charge in [-0.05, 0) is 202 Å². The van der Waals surface area contributed by atoms with E-state index >= 15 is 0 Å². The summed E-state index contributed by atoms with van der Waals surface area (Å²) >= 11 is 7.50. The van der Waals surface area contributed by atoms with Crippen LogP contribution in [0.5, 0.6) is 0 Å². The normalized spacial score (nSPS) is 12.5. The van der Waals surface area contributed by atoms with Gasteiger partial charge in [-0.25, -0.2) is 0 Å². The van der Waals surface area contributed by atoms with Gasteiger partial charge < -0.3 is 9.80 Å². The highest BCUT2D eigenvalue weighted by atomic mass is 32.1. The van der Waals surface area contributed by atoms with E-state index in [1.807, 2.05) is 45.3 Å². The van der Waals surface area contributed by atoms with Crippen molar-refractivity contribution in [3.8, 4) is 89.0 Å². The van der Waals surface area contributed by atoms with E-state index in [0.717, 1.165) is 34.1 Å². The second-order valence-corrected chi connectivity index (χ2v) is 33.1. The first-order valence-corrected chi connectivity index (χ1v) is 40.6. The summed E-state index contributed by atoms with van der Waals surface area (Å²) in [5.74, 6) is 0. The van der Waals surface area contributed by atoms with Gasteiger partial charge in [-0.15, -0.1) is 45.3 Å². The molecule has 0 atom stereocenters. The lowest BCUT2D eigenvalue weighted by molar-refractivity contribution is 1.25. The topological polar surface area (TPSA) is 6.48 Å². The average Bonchev–Trinajstić information content (AvgIpc) is 1.44. The molecule has 0 saturated carbocycles. The van der Waals surface area contributed by atoms with Crippen molar-refractivity contribution in [3.63, 3.8) is 0 Å².